The molecule has 4 nitrogen and oxygen atoms in total. The Balaban J connectivity index is 2.61. The number of hydrogen-bond acceptors (Lipinski definition) is 5. The van der Waals surface area contributed by atoms with Crippen LogP contribution in [-0.2, 0) is 0 Å². The van der Waals surface area contributed by atoms with Gasteiger partial charge < -0.3 is 10.6 Å². The minimum absolute atomic E-state index is 0.472. The van der Waals surface area contributed by atoms with E-state index in [-0.39, 0.29) is 0 Å². The van der Waals surface area contributed by atoms with E-state index in [4.69, 9.17) is 0 Å². The second-order valence-corrected chi connectivity index (χ2v) is 4.15. The molecule has 0 aromatic carbocycles. The molecule has 1 rings (SSSR count). The summed E-state index contributed by atoms with van der Waals surface area (Å²) in [5, 5.41) is 6.39. The van der Waals surface area contributed by atoms with Crippen molar-refractivity contribution < 1.29 is 0 Å². The molecule has 2 N–H and O–H groups in total. The third-order valence-electron chi connectivity index (χ3n) is 2.14. The molecule has 0 saturated heterocycles. The van der Waals surface area contributed by atoms with E-state index in [1.807, 2.05) is 24.9 Å². The lowest BCUT2D eigenvalue weighted by atomic mass is 10.2. The molecule has 0 bridgehead atoms. The monoisotopic (exact) mass is 226 g/mol. The van der Waals surface area contributed by atoms with Gasteiger partial charge in [-0.15, -0.1) is 0 Å². The smallest absolute Gasteiger partial charge is 0.131 e. The Bertz CT molecular complexity index is 293. The average molecular weight is 226 g/mol. The molecule has 1 unspecified atom stereocenters. The van der Waals surface area contributed by atoms with Crippen molar-refractivity contribution in [2.45, 2.75) is 19.4 Å². The lowest BCUT2D eigenvalue weighted by Gasteiger charge is -2.16. The first-order valence-electron chi connectivity index (χ1n) is 5.05. The summed E-state index contributed by atoms with van der Waals surface area (Å²) >= 11 is 1.84. The van der Waals surface area contributed by atoms with Crippen molar-refractivity contribution in [3.63, 3.8) is 0 Å². The first-order chi connectivity index (χ1) is 7.30. The molecule has 0 radical (unpaired) electrons. The van der Waals surface area contributed by atoms with Crippen LogP contribution in [0.15, 0.2) is 12.4 Å². The van der Waals surface area contributed by atoms with Gasteiger partial charge in [0.1, 0.15) is 18.0 Å². The Morgan fingerprint density at radius 3 is 2.73 bits per heavy atom. The van der Waals surface area contributed by atoms with Crippen molar-refractivity contribution in [3.8, 4) is 0 Å². The highest BCUT2D eigenvalue weighted by Gasteiger charge is 2.06. The second kappa shape index (κ2) is 6.50. The maximum atomic E-state index is 4.19. The van der Waals surface area contributed by atoms with Crippen LogP contribution in [0.1, 0.15) is 13.3 Å². The predicted octanol–water partition coefficient (Wildman–Crippen LogP) is 2.07. The molecule has 1 aromatic rings. The minimum atomic E-state index is 0.472. The van der Waals surface area contributed by atoms with Crippen LogP contribution in [0.25, 0.3) is 0 Å². The first-order valence-corrected chi connectivity index (χ1v) is 6.44. The summed E-state index contributed by atoms with van der Waals surface area (Å²) in [6, 6.07) is 2.39. The van der Waals surface area contributed by atoms with E-state index >= 15 is 0 Å². The van der Waals surface area contributed by atoms with E-state index in [1.165, 1.54) is 0 Å². The molecule has 84 valence electrons. The largest absolute Gasteiger partial charge is 0.373 e. The van der Waals surface area contributed by atoms with Gasteiger partial charge in [-0.3, -0.25) is 0 Å². The first kappa shape index (κ1) is 12.1. The molecule has 5 heteroatoms. The Morgan fingerprint density at radius 1 is 1.40 bits per heavy atom. The van der Waals surface area contributed by atoms with Crippen LogP contribution >= 0.6 is 11.8 Å². The lowest BCUT2D eigenvalue weighted by molar-refractivity contribution is 0.769. The van der Waals surface area contributed by atoms with Crippen molar-refractivity contribution in [2.75, 3.05) is 29.7 Å². The van der Waals surface area contributed by atoms with E-state index in [1.54, 1.807) is 6.33 Å². The van der Waals surface area contributed by atoms with Crippen LogP contribution in [0.3, 0.4) is 0 Å². The fourth-order valence-corrected chi connectivity index (χ4v) is 1.97. The van der Waals surface area contributed by atoms with Gasteiger partial charge in [-0.25, -0.2) is 9.97 Å². The van der Waals surface area contributed by atoms with Crippen LogP contribution in [0.2, 0.25) is 0 Å². The van der Waals surface area contributed by atoms with Crippen LogP contribution in [-0.4, -0.2) is 35.1 Å². The fourth-order valence-electron chi connectivity index (χ4n) is 1.24. The Kier molecular flexibility index (Phi) is 5.25. The summed E-state index contributed by atoms with van der Waals surface area (Å²) < 4.78 is 0. The SMILES string of the molecule is CCC(CSC)Nc1cc(NC)ncn1. The van der Waals surface area contributed by atoms with Crippen LogP contribution in [0.5, 0.6) is 0 Å². The molecule has 0 amide bonds. The molecule has 0 spiro atoms. The molecule has 0 aliphatic carbocycles. The van der Waals surface area contributed by atoms with E-state index in [0.29, 0.717) is 6.04 Å². The summed E-state index contributed by atoms with van der Waals surface area (Å²) in [5.74, 6) is 2.82. The van der Waals surface area contributed by atoms with Gasteiger partial charge in [0, 0.05) is 24.9 Å². The Morgan fingerprint density at radius 2 is 2.13 bits per heavy atom. The predicted molar refractivity (Wildman–Crippen MR) is 67.7 cm³/mol. The fraction of sp³-hybridized carbons (Fsp3) is 0.600. The van der Waals surface area contributed by atoms with Gasteiger partial charge in [-0.05, 0) is 12.7 Å². The molecular formula is C10H18N4S. The molecule has 0 aliphatic rings. The van der Waals surface area contributed by atoms with Crippen molar-refractivity contribution in [3.05, 3.63) is 12.4 Å². The quantitative estimate of drug-likeness (QED) is 0.777. The Hall–Kier alpha value is -0.970. The standard InChI is InChI=1S/C10H18N4S/c1-4-8(6-15-3)14-10-5-9(11-2)12-7-13-10/h5,7-8H,4,6H2,1-3H3,(H2,11,12,13,14). The minimum Gasteiger partial charge on any atom is -0.373 e. The highest BCUT2D eigenvalue weighted by Crippen LogP contribution is 2.12. The molecule has 15 heavy (non-hydrogen) atoms. The zero-order chi connectivity index (χ0) is 11.1. The molecule has 1 atom stereocenters. The van der Waals surface area contributed by atoms with Gasteiger partial charge in [0.15, 0.2) is 0 Å². The summed E-state index contributed by atoms with van der Waals surface area (Å²) in [6.45, 7) is 2.17. The van der Waals surface area contributed by atoms with Crippen LogP contribution in [0.4, 0.5) is 11.6 Å². The number of aromatic nitrogens is 2. The maximum absolute atomic E-state index is 4.19. The van der Waals surface area contributed by atoms with Crippen molar-refractivity contribution >= 4 is 23.4 Å². The summed E-state index contributed by atoms with van der Waals surface area (Å²) in [4.78, 5) is 8.26. The second-order valence-electron chi connectivity index (χ2n) is 3.24. The van der Waals surface area contributed by atoms with Gasteiger partial charge in [0.25, 0.3) is 0 Å². The normalized spacial score (nSPS) is 12.2. The third kappa shape index (κ3) is 3.95. The van der Waals surface area contributed by atoms with Crippen molar-refractivity contribution in [1.82, 2.24) is 9.97 Å². The number of rotatable bonds is 6. The number of nitrogens with zero attached hydrogens (tertiary/aromatic N) is 2. The summed E-state index contributed by atoms with van der Waals surface area (Å²) in [6.07, 6.45) is 4.78. The van der Waals surface area contributed by atoms with E-state index in [2.05, 4.69) is 33.8 Å². The van der Waals surface area contributed by atoms with Gasteiger partial charge in [0.05, 0.1) is 0 Å². The highest BCUT2D eigenvalue weighted by molar-refractivity contribution is 7.98. The lowest BCUT2D eigenvalue weighted by Crippen LogP contribution is -2.21. The average Bonchev–Trinajstić information content (AvgIpc) is 2.29. The number of hydrogen-bond donors (Lipinski definition) is 2. The highest BCUT2D eigenvalue weighted by atomic mass is 32.2. The third-order valence-corrected chi connectivity index (χ3v) is 2.87. The molecule has 0 aliphatic heterocycles. The van der Waals surface area contributed by atoms with Gasteiger partial charge in [0.2, 0.25) is 0 Å². The van der Waals surface area contributed by atoms with Crippen molar-refractivity contribution in [1.29, 1.82) is 0 Å². The number of anilines is 2. The Labute approximate surface area is 95.3 Å². The summed E-state index contributed by atoms with van der Waals surface area (Å²) in [7, 11) is 1.85. The molecular weight excluding hydrogens is 208 g/mol. The number of nitrogens with one attached hydrogen (secondary N) is 2. The molecule has 1 aromatic heterocycles. The van der Waals surface area contributed by atoms with Crippen molar-refractivity contribution in [2.24, 2.45) is 0 Å². The zero-order valence-corrected chi connectivity index (χ0v) is 10.3. The van der Waals surface area contributed by atoms with E-state index < -0.39 is 0 Å². The number of thioether (sulfide) groups is 1. The van der Waals surface area contributed by atoms with Crippen LogP contribution in [0, 0.1) is 0 Å². The van der Waals surface area contributed by atoms with Gasteiger partial charge >= 0.3 is 0 Å². The topological polar surface area (TPSA) is 49.8 Å². The summed E-state index contributed by atoms with van der Waals surface area (Å²) in [5.41, 5.74) is 0. The maximum Gasteiger partial charge on any atom is 0.131 e. The van der Waals surface area contributed by atoms with Crippen LogP contribution < -0.4 is 10.6 Å². The van der Waals surface area contributed by atoms with Gasteiger partial charge in [-0.2, -0.15) is 11.8 Å². The zero-order valence-electron chi connectivity index (χ0n) is 9.45. The molecule has 1 heterocycles. The van der Waals surface area contributed by atoms with E-state index in [0.717, 1.165) is 23.8 Å². The van der Waals surface area contributed by atoms with Gasteiger partial charge in [-0.1, -0.05) is 6.92 Å². The van der Waals surface area contributed by atoms with E-state index in [9.17, 15) is 0 Å². The molecule has 0 saturated carbocycles. The molecule has 0 fully saturated rings.